The highest BCUT2D eigenvalue weighted by atomic mass is 35.5. The summed E-state index contributed by atoms with van der Waals surface area (Å²) >= 11 is 0. The van der Waals surface area contributed by atoms with Gasteiger partial charge in [0.1, 0.15) is 6.04 Å². The Labute approximate surface area is 149 Å². The monoisotopic (exact) mass is 363 g/mol. The molecular weight excluding hydrogens is 334 g/mol. The van der Waals surface area contributed by atoms with E-state index < -0.39 is 12.1 Å². The van der Waals surface area contributed by atoms with Crippen LogP contribution in [0.1, 0.15) is 39.0 Å². The predicted molar refractivity (Wildman–Crippen MR) is 94.6 cm³/mol. The van der Waals surface area contributed by atoms with Crippen molar-refractivity contribution in [3.05, 3.63) is 0 Å². The molecule has 1 fully saturated rings. The second-order valence-corrected chi connectivity index (χ2v) is 5.91. The van der Waals surface area contributed by atoms with E-state index in [-0.39, 0.29) is 30.1 Å². The van der Waals surface area contributed by atoms with E-state index in [9.17, 15) is 14.4 Å². The number of rotatable bonds is 8. The average Bonchev–Trinajstić information content (AvgIpc) is 2.55. The van der Waals surface area contributed by atoms with E-state index in [1.54, 1.807) is 4.90 Å². The fourth-order valence-corrected chi connectivity index (χ4v) is 2.79. The SMILES string of the molecule is CCCCC(NC(N)=O)C(=O)N1CCCC(C(=O)NCCN)C1.Cl. The summed E-state index contributed by atoms with van der Waals surface area (Å²) < 4.78 is 0. The van der Waals surface area contributed by atoms with Crippen LogP contribution in [0.3, 0.4) is 0 Å². The van der Waals surface area contributed by atoms with Crippen LogP contribution >= 0.6 is 12.4 Å². The minimum Gasteiger partial charge on any atom is -0.355 e. The molecule has 2 atom stereocenters. The third-order valence-corrected chi connectivity index (χ3v) is 4.01. The summed E-state index contributed by atoms with van der Waals surface area (Å²) in [7, 11) is 0. The zero-order chi connectivity index (χ0) is 17.2. The number of amides is 4. The van der Waals surface area contributed by atoms with Crippen LogP contribution in [0.5, 0.6) is 0 Å². The number of carbonyl (C=O) groups excluding carboxylic acids is 3. The molecule has 0 spiro atoms. The Balaban J connectivity index is 0.00000529. The lowest BCUT2D eigenvalue weighted by Gasteiger charge is -2.34. The number of nitrogens with zero attached hydrogens (tertiary/aromatic N) is 1. The van der Waals surface area contributed by atoms with Gasteiger partial charge >= 0.3 is 6.03 Å². The maximum atomic E-state index is 12.6. The third-order valence-electron chi connectivity index (χ3n) is 4.01. The molecule has 9 heteroatoms. The molecule has 1 heterocycles. The van der Waals surface area contributed by atoms with E-state index >= 15 is 0 Å². The van der Waals surface area contributed by atoms with E-state index in [1.165, 1.54) is 0 Å². The zero-order valence-corrected chi connectivity index (χ0v) is 15.1. The van der Waals surface area contributed by atoms with E-state index in [0.717, 1.165) is 25.7 Å². The summed E-state index contributed by atoms with van der Waals surface area (Å²) in [6, 6.07) is -1.31. The number of hydrogen-bond acceptors (Lipinski definition) is 4. The molecule has 0 saturated carbocycles. The highest BCUT2D eigenvalue weighted by Crippen LogP contribution is 2.18. The van der Waals surface area contributed by atoms with Crippen molar-refractivity contribution in [3.8, 4) is 0 Å². The minimum absolute atomic E-state index is 0. The fourth-order valence-electron chi connectivity index (χ4n) is 2.79. The first kappa shape index (κ1) is 22.5. The zero-order valence-electron chi connectivity index (χ0n) is 14.3. The summed E-state index contributed by atoms with van der Waals surface area (Å²) in [5, 5.41) is 5.29. The smallest absolute Gasteiger partial charge is 0.312 e. The molecule has 0 radical (unpaired) electrons. The number of primary amides is 1. The second-order valence-electron chi connectivity index (χ2n) is 5.91. The molecule has 6 N–H and O–H groups in total. The molecule has 1 aliphatic heterocycles. The average molecular weight is 364 g/mol. The van der Waals surface area contributed by atoms with Gasteiger partial charge < -0.3 is 27.0 Å². The van der Waals surface area contributed by atoms with Crippen molar-refractivity contribution in [1.29, 1.82) is 0 Å². The number of unbranched alkanes of at least 4 members (excludes halogenated alkanes) is 1. The van der Waals surface area contributed by atoms with Gasteiger partial charge in [0.15, 0.2) is 0 Å². The molecule has 2 unspecified atom stereocenters. The van der Waals surface area contributed by atoms with Gasteiger partial charge in [0.2, 0.25) is 11.8 Å². The lowest BCUT2D eigenvalue weighted by molar-refractivity contribution is -0.137. The Morgan fingerprint density at radius 3 is 2.62 bits per heavy atom. The van der Waals surface area contributed by atoms with Crippen LogP contribution in [-0.2, 0) is 9.59 Å². The van der Waals surface area contributed by atoms with Crippen molar-refractivity contribution >= 4 is 30.3 Å². The number of piperidine rings is 1. The highest BCUT2D eigenvalue weighted by molar-refractivity contribution is 5.87. The summed E-state index contributed by atoms with van der Waals surface area (Å²) in [6.45, 7) is 3.82. The normalized spacial score (nSPS) is 18.2. The Kier molecular flexibility index (Phi) is 11.1. The first-order chi connectivity index (χ1) is 11.0. The molecule has 1 rings (SSSR count). The van der Waals surface area contributed by atoms with Crippen molar-refractivity contribution in [2.45, 2.75) is 45.1 Å². The van der Waals surface area contributed by atoms with Gasteiger partial charge in [-0.05, 0) is 19.3 Å². The topological polar surface area (TPSA) is 131 Å². The number of nitrogens with two attached hydrogens (primary N) is 2. The molecule has 8 nitrogen and oxygen atoms in total. The Morgan fingerprint density at radius 2 is 2.04 bits per heavy atom. The van der Waals surface area contributed by atoms with Crippen LogP contribution in [0.25, 0.3) is 0 Å². The summed E-state index contributed by atoms with van der Waals surface area (Å²) in [5.74, 6) is -0.450. The first-order valence-corrected chi connectivity index (χ1v) is 8.32. The number of urea groups is 1. The van der Waals surface area contributed by atoms with Crippen LogP contribution in [0.2, 0.25) is 0 Å². The molecule has 0 aromatic rings. The van der Waals surface area contributed by atoms with Gasteiger partial charge in [-0.2, -0.15) is 0 Å². The van der Waals surface area contributed by atoms with Crippen molar-refractivity contribution in [2.75, 3.05) is 26.2 Å². The molecule has 1 saturated heterocycles. The Morgan fingerprint density at radius 1 is 1.33 bits per heavy atom. The molecular formula is C15H30ClN5O3. The summed E-state index contributed by atoms with van der Waals surface area (Å²) in [5.41, 5.74) is 10.5. The largest absolute Gasteiger partial charge is 0.355 e. The Hall–Kier alpha value is -1.54. The third kappa shape index (κ3) is 7.35. The maximum Gasteiger partial charge on any atom is 0.312 e. The van der Waals surface area contributed by atoms with E-state index in [1.807, 2.05) is 6.92 Å². The van der Waals surface area contributed by atoms with E-state index in [4.69, 9.17) is 11.5 Å². The van der Waals surface area contributed by atoms with Gasteiger partial charge in [-0.25, -0.2) is 4.79 Å². The van der Waals surface area contributed by atoms with Crippen LogP contribution < -0.4 is 22.1 Å². The number of hydrogen-bond donors (Lipinski definition) is 4. The predicted octanol–water partition coefficient (Wildman–Crippen LogP) is -0.0512. The molecule has 0 aliphatic carbocycles. The molecule has 1 aliphatic rings. The summed E-state index contributed by atoms with van der Waals surface area (Å²) in [4.78, 5) is 37.5. The van der Waals surface area contributed by atoms with Gasteiger partial charge in [0, 0.05) is 26.2 Å². The van der Waals surface area contributed by atoms with Crippen LogP contribution in [0, 0.1) is 5.92 Å². The number of nitrogens with one attached hydrogen (secondary N) is 2. The summed E-state index contributed by atoms with van der Waals surface area (Å²) in [6.07, 6.45) is 3.82. The maximum absolute atomic E-state index is 12.6. The van der Waals surface area contributed by atoms with E-state index in [0.29, 0.717) is 32.6 Å². The highest BCUT2D eigenvalue weighted by Gasteiger charge is 2.31. The quantitative estimate of drug-likeness (QED) is 0.481. The van der Waals surface area contributed by atoms with Gasteiger partial charge in [-0.15, -0.1) is 12.4 Å². The van der Waals surface area contributed by atoms with Crippen molar-refractivity contribution in [3.63, 3.8) is 0 Å². The second kappa shape index (κ2) is 11.9. The molecule has 0 aromatic carbocycles. The van der Waals surface area contributed by atoms with Gasteiger partial charge in [0.05, 0.1) is 5.92 Å². The number of likely N-dealkylation sites (tertiary alicyclic amines) is 1. The molecule has 0 aromatic heterocycles. The van der Waals surface area contributed by atoms with Crippen LogP contribution in [-0.4, -0.2) is 55.0 Å². The molecule has 0 bridgehead atoms. The van der Waals surface area contributed by atoms with E-state index in [2.05, 4.69) is 10.6 Å². The minimum atomic E-state index is -0.700. The number of halogens is 1. The van der Waals surface area contributed by atoms with Crippen molar-refractivity contribution in [1.82, 2.24) is 15.5 Å². The lowest BCUT2D eigenvalue weighted by Crippen LogP contribution is -2.54. The first-order valence-electron chi connectivity index (χ1n) is 8.32. The standard InChI is InChI=1S/C15H29N5O3.ClH/c1-2-3-6-12(19-15(17)23)14(22)20-9-4-5-11(10-20)13(21)18-8-7-16;/h11-12H,2-10,16H2,1H3,(H,18,21)(H3,17,19,23);1H. The Bertz CT molecular complexity index is 422. The molecule has 4 amide bonds. The fraction of sp³-hybridized carbons (Fsp3) is 0.800. The molecule has 140 valence electrons. The van der Waals surface area contributed by atoms with Crippen molar-refractivity contribution in [2.24, 2.45) is 17.4 Å². The lowest BCUT2D eigenvalue weighted by atomic mass is 9.96. The van der Waals surface area contributed by atoms with Crippen LogP contribution in [0.4, 0.5) is 4.79 Å². The number of carbonyl (C=O) groups is 3. The van der Waals surface area contributed by atoms with Crippen LogP contribution in [0.15, 0.2) is 0 Å². The van der Waals surface area contributed by atoms with Gasteiger partial charge in [-0.1, -0.05) is 19.8 Å². The molecule has 24 heavy (non-hydrogen) atoms. The van der Waals surface area contributed by atoms with Gasteiger partial charge in [0.25, 0.3) is 0 Å². The van der Waals surface area contributed by atoms with Gasteiger partial charge in [-0.3, -0.25) is 9.59 Å². The van der Waals surface area contributed by atoms with Crippen molar-refractivity contribution < 1.29 is 14.4 Å².